The molecule has 0 unspecified atom stereocenters. The monoisotopic (exact) mass is 190 g/mol. The normalized spacial score (nSPS) is 10.1. The average molecular weight is 190 g/mol. The van der Waals surface area contributed by atoms with Gasteiger partial charge in [-0.25, -0.2) is 9.97 Å². The van der Waals surface area contributed by atoms with Crippen molar-refractivity contribution in [2.75, 3.05) is 24.7 Å². The molecule has 0 bridgehead atoms. The summed E-state index contributed by atoms with van der Waals surface area (Å²) in [5, 5.41) is 5.81. The van der Waals surface area contributed by atoms with Crippen LogP contribution in [0.15, 0.2) is 12.4 Å². The van der Waals surface area contributed by atoms with Gasteiger partial charge in [-0.05, 0) is 0 Å². The Hall–Kier alpha value is -1.98. The van der Waals surface area contributed by atoms with Crippen molar-refractivity contribution in [3.8, 4) is 0 Å². The molecule has 6 nitrogen and oxygen atoms in total. The summed E-state index contributed by atoms with van der Waals surface area (Å²) >= 11 is 0. The van der Waals surface area contributed by atoms with E-state index in [4.69, 9.17) is 0 Å². The molecular formula is C8H10N6. The molecule has 2 N–H and O–H groups in total. The summed E-state index contributed by atoms with van der Waals surface area (Å²) in [6.45, 7) is 0. The number of hydrogen-bond acceptors (Lipinski definition) is 6. The van der Waals surface area contributed by atoms with Crippen molar-refractivity contribution >= 4 is 22.9 Å². The summed E-state index contributed by atoms with van der Waals surface area (Å²) in [6, 6.07) is 0. The number of nitrogens with one attached hydrogen (secondary N) is 2. The predicted molar refractivity (Wildman–Crippen MR) is 54.2 cm³/mol. The minimum Gasteiger partial charge on any atom is -0.371 e. The third-order valence-electron chi connectivity index (χ3n) is 1.79. The summed E-state index contributed by atoms with van der Waals surface area (Å²) in [7, 11) is 3.55. The van der Waals surface area contributed by atoms with Crippen LogP contribution in [0.25, 0.3) is 11.2 Å². The molecule has 0 fully saturated rings. The molecule has 14 heavy (non-hydrogen) atoms. The van der Waals surface area contributed by atoms with E-state index in [9.17, 15) is 0 Å². The molecule has 0 spiro atoms. The molecule has 2 heterocycles. The topological polar surface area (TPSA) is 75.6 Å². The molecule has 72 valence electrons. The van der Waals surface area contributed by atoms with Crippen molar-refractivity contribution in [2.24, 2.45) is 0 Å². The van der Waals surface area contributed by atoms with Crippen molar-refractivity contribution in [3.63, 3.8) is 0 Å². The lowest BCUT2D eigenvalue weighted by molar-refractivity contribution is 1.13. The van der Waals surface area contributed by atoms with Crippen LogP contribution >= 0.6 is 0 Å². The van der Waals surface area contributed by atoms with Crippen LogP contribution in [0.4, 0.5) is 11.8 Å². The fourth-order valence-electron chi connectivity index (χ4n) is 1.15. The van der Waals surface area contributed by atoms with Crippen LogP contribution in [-0.2, 0) is 0 Å². The van der Waals surface area contributed by atoms with Gasteiger partial charge in [0.15, 0.2) is 17.0 Å². The molecule has 2 rings (SSSR count). The molecule has 0 saturated heterocycles. The van der Waals surface area contributed by atoms with E-state index in [1.165, 1.54) is 0 Å². The van der Waals surface area contributed by atoms with Crippen molar-refractivity contribution in [2.45, 2.75) is 0 Å². The molecule has 0 aliphatic carbocycles. The minimum absolute atomic E-state index is 0.530. The zero-order chi connectivity index (χ0) is 9.97. The van der Waals surface area contributed by atoms with E-state index < -0.39 is 0 Å². The Morgan fingerprint density at radius 1 is 1.00 bits per heavy atom. The first-order valence-electron chi connectivity index (χ1n) is 4.19. The Kier molecular flexibility index (Phi) is 2.10. The first-order valence-corrected chi connectivity index (χ1v) is 4.19. The van der Waals surface area contributed by atoms with Gasteiger partial charge in [-0.15, -0.1) is 0 Å². The third-order valence-corrected chi connectivity index (χ3v) is 1.79. The van der Waals surface area contributed by atoms with Crippen molar-refractivity contribution in [1.82, 2.24) is 19.9 Å². The van der Waals surface area contributed by atoms with Crippen LogP contribution < -0.4 is 10.6 Å². The zero-order valence-electron chi connectivity index (χ0n) is 7.94. The summed E-state index contributed by atoms with van der Waals surface area (Å²) in [6.07, 6.45) is 3.22. The highest BCUT2D eigenvalue weighted by molar-refractivity contribution is 5.82. The van der Waals surface area contributed by atoms with Gasteiger partial charge in [0.2, 0.25) is 5.95 Å². The maximum absolute atomic E-state index is 4.20. The number of aromatic nitrogens is 4. The van der Waals surface area contributed by atoms with Gasteiger partial charge in [-0.1, -0.05) is 0 Å². The van der Waals surface area contributed by atoms with Crippen LogP contribution in [0.1, 0.15) is 0 Å². The van der Waals surface area contributed by atoms with E-state index in [1.54, 1.807) is 26.5 Å². The lowest BCUT2D eigenvalue weighted by Crippen LogP contribution is -2.03. The van der Waals surface area contributed by atoms with Gasteiger partial charge in [0.1, 0.15) is 0 Å². The molecule has 0 aliphatic heterocycles. The quantitative estimate of drug-likeness (QED) is 0.718. The maximum atomic E-state index is 4.20. The molecular weight excluding hydrogens is 180 g/mol. The Bertz CT molecular complexity index is 455. The highest BCUT2D eigenvalue weighted by atomic mass is 15.2. The van der Waals surface area contributed by atoms with Crippen LogP contribution in [0, 0.1) is 0 Å². The van der Waals surface area contributed by atoms with Crippen molar-refractivity contribution in [1.29, 1.82) is 0 Å². The van der Waals surface area contributed by atoms with E-state index in [-0.39, 0.29) is 0 Å². The zero-order valence-corrected chi connectivity index (χ0v) is 7.94. The second-order valence-electron chi connectivity index (χ2n) is 2.62. The molecule has 6 heteroatoms. The fourth-order valence-corrected chi connectivity index (χ4v) is 1.15. The van der Waals surface area contributed by atoms with Gasteiger partial charge >= 0.3 is 0 Å². The Balaban J connectivity index is 2.73. The summed E-state index contributed by atoms with van der Waals surface area (Å²) < 4.78 is 0. The van der Waals surface area contributed by atoms with E-state index in [0.29, 0.717) is 22.9 Å². The Morgan fingerprint density at radius 3 is 2.50 bits per heavy atom. The van der Waals surface area contributed by atoms with Gasteiger partial charge in [-0.2, -0.15) is 9.97 Å². The number of nitrogens with zero attached hydrogens (tertiary/aromatic N) is 4. The van der Waals surface area contributed by atoms with Gasteiger partial charge in [-0.3, -0.25) is 0 Å². The number of fused-ring (bicyclic) bond motifs is 1. The lowest BCUT2D eigenvalue weighted by Gasteiger charge is -2.05. The lowest BCUT2D eigenvalue weighted by atomic mass is 10.4. The molecule has 0 saturated carbocycles. The minimum atomic E-state index is 0.530. The standard InChI is InChI=1S/C8H10N6/c1-9-6-5-7(12-4-3-11-5)14-8(10-2)13-6/h3-4H,1-2H3,(H2,9,10,12,13,14). The Labute approximate surface area is 80.8 Å². The van der Waals surface area contributed by atoms with Crippen molar-refractivity contribution < 1.29 is 0 Å². The summed E-state index contributed by atoms with van der Waals surface area (Å²) in [5.74, 6) is 1.20. The molecule has 0 aliphatic rings. The van der Waals surface area contributed by atoms with Crippen LogP contribution in [0.5, 0.6) is 0 Å². The van der Waals surface area contributed by atoms with Crippen LogP contribution in [-0.4, -0.2) is 34.0 Å². The second-order valence-corrected chi connectivity index (χ2v) is 2.62. The first kappa shape index (κ1) is 8.61. The maximum Gasteiger partial charge on any atom is 0.226 e. The molecule has 0 atom stereocenters. The highest BCUT2D eigenvalue weighted by Gasteiger charge is 2.06. The van der Waals surface area contributed by atoms with Crippen LogP contribution in [0.3, 0.4) is 0 Å². The third kappa shape index (κ3) is 1.30. The number of hydrogen-bond donors (Lipinski definition) is 2. The summed E-state index contributed by atoms with van der Waals surface area (Å²) in [5.41, 5.74) is 1.25. The fraction of sp³-hybridized carbons (Fsp3) is 0.250. The van der Waals surface area contributed by atoms with Crippen molar-refractivity contribution in [3.05, 3.63) is 12.4 Å². The summed E-state index contributed by atoms with van der Waals surface area (Å²) in [4.78, 5) is 16.6. The van der Waals surface area contributed by atoms with Gasteiger partial charge in [0.25, 0.3) is 0 Å². The highest BCUT2D eigenvalue weighted by Crippen LogP contribution is 2.16. The SMILES string of the molecule is CNc1nc(NC)c2nccnc2n1. The van der Waals surface area contributed by atoms with E-state index in [1.807, 2.05) is 0 Å². The average Bonchev–Trinajstić information content (AvgIpc) is 2.27. The number of anilines is 2. The largest absolute Gasteiger partial charge is 0.371 e. The predicted octanol–water partition coefficient (Wildman–Crippen LogP) is 0.503. The van der Waals surface area contributed by atoms with Crippen LogP contribution in [0.2, 0.25) is 0 Å². The second kappa shape index (κ2) is 3.41. The smallest absolute Gasteiger partial charge is 0.226 e. The molecule has 2 aromatic rings. The van der Waals surface area contributed by atoms with Gasteiger partial charge in [0, 0.05) is 26.5 Å². The molecule has 2 aromatic heterocycles. The van der Waals surface area contributed by atoms with E-state index in [0.717, 1.165) is 0 Å². The molecule has 0 aromatic carbocycles. The molecule has 0 radical (unpaired) electrons. The first-order chi connectivity index (χ1) is 6.85. The Morgan fingerprint density at radius 2 is 1.79 bits per heavy atom. The van der Waals surface area contributed by atoms with Gasteiger partial charge < -0.3 is 10.6 Å². The molecule has 0 amide bonds. The van der Waals surface area contributed by atoms with Gasteiger partial charge in [0.05, 0.1) is 0 Å². The van der Waals surface area contributed by atoms with E-state index >= 15 is 0 Å². The number of rotatable bonds is 2. The van der Waals surface area contributed by atoms with E-state index in [2.05, 4.69) is 30.6 Å².